The van der Waals surface area contributed by atoms with Crippen molar-refractivity contribution >= 4 is 11.9 Å². The van der Waals surface area contributed by atoms with Gasteiger partial charge in [0, 0.05) is 0 Å². The Bertz CT molecular complexity index is 288. The Kier molecular flexibility index (Phi) is 2.78. The van der Waals surface area contributed by atoms with Crippen LogP contribution in [0, 0.1) is 5.41 Å². The van der Waals surface area contributed by atoms with Crippen LogP contribution in [0.4, 0.5) is 0 Å². The topological polar surface area (TPSA) is 89.6 Å². The van der Waals surface area contributed by atoms with E-state index in [-0.39, 0.29) is 0 Å². The highest BCUT2D eigenvalue weighted by Crippen LogP contribution is 2.48. The van der Waals surface area contributed by atoms with Crippen molar-refractivity contribution in [1.82, 2.24) is 0 Å². The van der Waals surface area contributed by atoms with Crippen molar-refractivity contribution in [3.05, 3.63) is 0 Å². The minimum atomic E-state index is -1.08. The molecule has 0 saturated heterocycles. The Balaban J connectivity index is 2.66. The molecule has 0 heterocycles. The van der Waals surface area contributed by atoms with Gasteiger partial charge in [-0.15, -0.1) is 0 Å². The van der Waals surface area contributed by atoms with Gasteiger partial charge >= 0.3 is 11.9 Å². The van der Waals surface area contributed by atoms with Crippen LogP contribution in [0.15, 0.2) is 0 Å². The van der Waals surface area contributed by atoms with E-state index in [1.54, 1.807) is 20.8 Å². The Morgan fingerprint density at radius 2 is 1.87 bits per heavy atom. The first-order valence-corrected chi connectivity index (χ1v) is 4.91. The molecule has 0 bridgehead atoms. The van der Waals surface area contributed by atoms with Gasteiger partial charge in [0.15, 0.2) is 0 Å². The highest BCUT2D eigenvalue weighted by molar-refractivity contribution is 5.89. The minimum Gasteiger partial charge on any atom is -0.481 e. The zero-order chi connectivity index (χ0) is 11.9. The zero-order valence-corrected chi connectivity index (χ0v) is 9.24. The second kappa shape index (κ2) is 3.48. The summed E-state index contributed by atoms with van der Waals surface area (Å²) in [5.74, 6) is -1.65. The van der Waals surface area contributed by atoms with Crippen molar-refractivity contribution in [3.8, 4) is 0 Å². The van der Waals surface area contributed by atoms with Crippen molar-refractivity contribution in [2.45, 2.75) is 45.3 Å². The molecule has 1 aliphatic carbocycles. The van der Waals surface area contributed by atoms with Crippen molar-refractivity contribution in [2.75, 3.05) is 0 Å². The molecule has 1 rings (SSSR count). The summed E-state index contributed by atoms with van der Waals surface area (Å²) in [5, 5.41) is 8.93. The average molecular weight is 215 g/mol. The van der Waals surface area contributed by atoms with E-state index in [4.69, 9.17) is 15.6 Å². The molecule has 0 aromatic rings. The molecule has 1 atom stereocenters. The Hall–Kier alpha value is -1.10. The fourth-order valence-electron chi connectivity index (χ4n) is 1.38. The number of carboxylic acid groups (broad SMARTS) is 1. The normalized spacial score (nSPS) is 20.5. The van der Waals surface area contributed by atoms with Gasteiger partial charge < -0.3 is 15.6 Å². The van der Waals surface area contributed by atoms with Crippen LogP contribution < -0.4 is 5.73 Å². The zero-order valence-electron chi connectivity index (χ0n) is 9.24. The number of carbonyl (C=O) groups excluding carboxylic acids is 1. The number of ether oxygens (including phenoxy) is 1. The number of hydrogen-bond donors (Lipinski definition) is 2. The van der Waals surface area contributed by atoms with Crippen LogP contribution in [0.3, 0.4) is 0 Å². The van der Waals surface area contributed by atoms with Crippen molar-refractivity contribution < 1.29 is 19.4 Å². The summed E-state index contributed by atoms with van der Waals surface area (Å²) in [5.41, 5.74) is 3.89. The molecule has 5 heteroatoms. The lowest BCUT2D eigenvalue weighted by atomic mass is 9.97. The van der Waals surface area contributed by atoms with E-state index in [0.717, 1.165) is 0 Å². The van der Waals surface area contributed by atoms with Crippen molar-refractivity contribution in [3.63, 3.8) is 0 Å². The lowest BCUT2D eigenvalue weighted by Crippen LogP contribution is -2.46. The number of carbonyl (C=O) groups is 2. The van der Waals surface area contributed by atoms with E-state index in [1.165, 1.54) is 0 Å². The van der Waals surface area contributed by atoms with Crippen molar-refractivity contribution in [2.24, 2.45) is 11.1 Å². The van der Waals surface area contributed by atoms with E-state index < -0.39 is 29.0 Å². The van der Waals surface area contributed by atoms with E-state index in [0.29, 0.717) is 12.8 Å². The largest absolute Gasteiger partial charge is 0.481 e. The molecule has 0 spiro atoms. The number of carboxylic acids is 1. The smallest absolute Gasteiger partial charge is 0.324 e. The third-order valence-corrected chi connectivity index (χ3v) is 2.47. The maximum atomic E-state index is 11.5. The average Bonchev–Trinajstić information content (AvgIpc) is 2.79. The van der Waals surface area contributed by atoms with Crippen molar-refractivity contribution in [1.29, 1.82) is 0 Å². The number of aliphatic carboxylic acids is 1. The molecule has 0 amide bonds. The standard InChI is InChI=1S/C10H17NO4/c1-9(2,3)15-7(12)6(11)10(4-5-10)8(13)14/h6H,4-5,11H2,1-3H3,(H,13,14). The maximum Gasteiger partial charge on any atom is 0.324 e. The van der Waals surface area contributed by atoms with Crippen LogP contribution in [0.2, 0.25) is 0 Å². The minimum absolute atomic E-state index is 0.447. The molecule has 0 aliphatic heterocycles. The second-order valence-corrected chi connectivity index (χ2v) is 4.97. The summed E-state index contributed by atoms with van der Waals surface area (Å²) in [6.45, 7) is 5.16. The lowest BCUT2D eigenvalue weighted by molar-refractivity contribution is -0.163. The van der Waals surface area contributed by atoms with Gasteiger partial charge in [-0.3, -0.25) is 9.59 Å². The first kappa shape index (κ1) is 12.0. The quantitative estimate of drug-likeness (QED) is 0.670. The van der Waals surface area contributed by atoms with Gasteiger partial charge in [0.05, 0.1) is 5.41 Å². The molecule has 5 nitrogen and oxygen atoms in total. The molecule has 0 aromatic carbocycles. The summed E-state index contributed by atoms with van der Waals surface area (Å²) in [7, 11) is 0. The fourth-order valence-corrected chi connectivity index (χ4v) is 1.38. The van der Waals surface area contributed by atoms with Crippen LogP contribution in [0.1, 0.15) is 33.6 Å². The molecule has 1 unspecified atom stereocenters. The van der Waals surface area contributed by atoms with Gasteiger partial charge in [0.2, 0.25) is 0 Å². The number of rotatable bonds is 3. The van der Waals surface area contributed by atoms with E-state index in [9.17, 15) is 9.59 Å². The molecule has 0 aromatic heterocycles. The van der Waals surface area contributed by atoms with Gasteiger partial charge in [-0.1, -0.05) is 0 Å². The van der Waals surface area contributed by atoms with Crippen LogP contribution in [-0.4, -0.2) is 28.7 Å². The van der Waals surface area contributed by atoms with E-state index in [2.05, 4.69) is 0 Å². The van der Waals surface area contributed by atoms with Crippen LogP contribution in [-0.2, 0) is 14.3 Å². The predicted octanol–water partition coefficient (Wildman–Crippen LogP) is 0.520. The van der Waals surface area contributed by atoms with Crippen LogP contribution in [0.5, 0.6) is 0 Å². The van der Waals surface area contributed by atoms with Crippen LogP contribution in [0.25, 0.3) is 0 Å². The Labute approximate surface area is 88.6 Å². The maximum absolute atomic E-state index is 11.5. The van der Waals surface area contributed by atoms with E-state index >= 15 is 0 Å². The molecule has 1 aliphatic rings. The molecule has 86 valence electrons. The lowest BCUT2D eigenvalue weighted by Gasteiger charge is -2.24. The number of esters is 1. The highest BCUT2D eigenvalue weighted by atomic mass is 16.6. The monoisotopic (exact) mass is 215 g/mol. The van der Waals surface area contributed by atoms with Gasteiger partial charge in [-0.2, -0.15) is 0 Å². The summed E-state index contributed by atoms with van der Waals surface area (Å²) < 4.78 is 5.05. The van der Waals surface area contributed by atoms with Gasteiger partial charge in [-0.25, -0.2) is 0 Å². The molecular weight excluding hydrogens is 198 g/mol. The molecule has 15 heavy (non-hydrogen) atoms. The summed E-state index contributed by atoms with van der Waals surface area (Å²) in [4.78, 5) is 22.4. The molecule has 1 saturated carbocycles. The SMILES string of the molecule is CC(C)(C)OC(=O)C(N)C1(C(=O)O)CC1. The van der Waals surface area contributed by atoms with Crippen LogP contribution >= 0.6 is 0 Å². The highest BCUT2D eigenvalue weighted by Gasteiger charge is 2.58. The van der Waals surface area contributed by atoms with Gasteiger partial charge in [0.1, 0.15) is 11.6 Å². The molecular formula is C10H17NO4. The molecule has 3 N–H and O–H groups in total. The first-order chi connectivity index (χ1) is 6.69. The second-order valence-electron chi connectivity index (χ2n) is 4.97. The fraction of sp³-hybridized carbons (Fsp3) is 0.800. The first-order valence-electron chi connectivity index (χ1n) is 4.91. The Morgan fingerprint density at radius 3 is 2.13 bits per heavy atom. The van der Waals surface area contributed by atoms with E-state index in [1.807, 2.05) is 0 Å². The number of hydrogen-bond acceptors (Lipinski definition) is 4. The predicted molar refractivity (Wildman–Crippen MR) is 53.1 cm³/mol. The summed E-state index contributed by atoms with van der Waals surface area (Å²) >= 11 is 0. The third kappa shape index (κ3) is 2.47. The molecule has 0 radical (unpaired) electrons. The summed E-state index contributed by atoms with van der Waals surface area (Å²) in [6.07, 6.45) is 0.894. The van der Waals surface area contributed by atoms with Gasteiger partial charge in [0.25, 0.3) is 0 Å². The third-order valence-electron chi connectivity index (χ3n) is 2.47. The van der Waals surface area contributed by atoms with Gasteiger partial charge in [-0.05, 0) is 33.6 Å². The number of nitrogens with two attached hydrogens (primary N) is 1. The summed E-state index contributed by atoms with van der Waals surface area (Å²) in [6, 6.07) is -1.06. The Morgan fingerprint density at radius 1 is 1.40 bits per heavy atom. The molecule has 1 fully saturated rings.